The molecule has 0 aliphatic heterocycles. The Morgan fingerprint density at radius 1 is 1.54 bits per heavy atom. The second-order valence-electron chi connectivity index (χ2n) is 4.19. The van der Waals surface area contributed by atoms with Crippen LogP contribution < -0.4 is 5.73 Å². The maximum absolute atomic E-state index is 7.39. The van der Waals surface area contributed by atoms with E-state index in [9.17, 15) is 0 Å². The van der Waals surface area contributed by atoms with E-state index in [0.717, 1.165) is 11.3 Å². The molecule has 1 aromatic rings. The molecule has 4 nitrogen and oxygen atoms in total. The monoisotopic (exact) mass is 180 g/mol. The third-order valence-corrected chi connectivity index (χ3v) is 1.94. The van der Waals surface area contributed by atoms with Crippen molar-refractivity contribution in [1.82, 2.24) is 9.78 Å². The Balaban J connectivity index is 3.33. The molecule has 72 valence electrons. The summed E-state index contributed by atoms with van der Waals surface area (Å²) in [6.45, 7) is 6.24. The fourth-order valence-electron chi connectivity index (χ4n) is 1.52. The summed E-state index contributed by atoms with van der Waals surface area (Å²) >= 11 is 0. The van der Waals surface area contributed by atoms with Crippen LogP contribution in [-0.4, -0.2) is 15.6 Å². The molecule has 4 heteroatoms. The summed E-state index contributed by atoms with van der Waals surface area (Å²) in [6.07, 6.45) is 1.64. The van der Waals surface area contributed by atoms with Crippen LogP contribution >= 0.6 is 0 Å². The third-order valence-electron chi connectivity index (χ3n) is 1.94. The van der Waals surface area contributed by atoms with Crippen LogP contribution in [0.5, 0.6) is 0 Å². The van der Waals surface area contributed by atoms with Crippen molar-refractivity contribution in [2.75, 3.05) is 0 Å². The fourth-order valence-corrected chi connectivity index (χ4v) is 1.52. The van der Waals surface area contributed by atoms with Crippen molar-refractivity contribution in [3.8, 4) is 0 Å². The van der Waals surface area contributed by atoms with Gasteiger partial charge >= 0.3 is 0 Å². The minimum absolute atomic E-state index is 0.0355. The first-order valence-corrected chi connectivity index (χ1v) is 4.21. The molecule has 0 saturated carbocycles. The van der Waals surface area contributed by atoms with Crippen molar-refractivity contribution < 1.29 is 0 Å². The largest absolute Gasteiger partial charge is 0.384 e. The minimum Gasteiger partial charge on any atom is -0.384 e. The predicted octanol–water partition coefficient (Wildman–Crippen LogP) is 1.00. The number of aromatic nitrogens is 2. The first kappa shape index (κ1) is 9.77. The van der Waals surface area contributed by atoms with Gasteiger partial charge in [-0.2, -0.15) is 5.10 Å². The number of rotatable bonds is 1. The Bertz CT molecular complexity index is 330. The Morgan fingerprint density at radius 2 is 2.08 bits per heavy atom. The van der Waals surface area contributed by atoms with E-state index in [2.05, 4.69) is 25.9 Å². The molecule has 13 heavy (non-hydrogen) atoms. The van der Waals surface area contributed by atoms with Crippen LogP contribution in [0.15, 0.2) is 6.20 Å². The van der Waals surface area contributed by atoms with Gasteiger partial charge in [0.15, 0.2) is 0 Å². The smallest absolute Gasteiger partial charge is 0.126 e. The van der Waals surface area contributed by atoms with E-state index in [1.165, 1.54) is 0 Å². The standard InChI is InChI=1S/C9H16N4/c1-9(2,3)7-6(8(10)11)5-12-13(7)4/h5H,1-4H3,(H3,10,11). The van der Waals surface area contributed by atoms with Gasteiger partial charge in [-0.3, -0.25) is 10.1 Å². The van der Waals surface area contributed by atoms with Crippen molar-refractivity contribution in [3.63, 3.8) is 0 Å². The van der Waals surface area contributed by atoms with Gasteiger partial charge in [-0.25, -0.2) is 0 Å². The number of nitrogens with one attached hydrogen (secondary N) is 1. The molecule has 3 N–H and O–H groups in total. The molecule has 1 rings (SSSR count). The Labute approximate surface area is 78.3 Å². The van der Waals surface area contributed by atoms with Gasteiger partial charge in [0.05, 0.1) is 17.5 Å². The molecular formula is C9H16N4. The highest BCUT2D eigenvalue weighted by Gasteiger charge is 2.23. The topological polar surface area (TPSA) is 67.7 Å². The number of amidine groups is 1. The van der Waals surface area contributed by atoms with Crippen molar-refractivity contribution in [2.45, 2.75) is 26.2 Å². The van der Waals surface area contributed by atoms with Gasteiger partial charge in [-0.1, -0.05) is 20.8 Å². The van der Waals surface area contributed by atoms with E-state index in [-0.39, 0.29) is 11.3 Å². The minimum atomic E-state index is -0.0355. The van der Waals surface area contributed by atoms with Crippen LogP contribution in [0.1, 0.15) is 32.0 Å². The maximum atomic E-state index is 7.39. The lowest BCUT2D eigenvalue weighted by Gasteiger charge is -2.20. The van der Waals surface area contributed by atoms with E-state index in [1.54, 1.807) is 10.9 Å². The van der Waals surface area contributed by atoms with E-state index in [4.69, 9.17) is 11.1 Å². The predicted molar refractivity (Wildman–Crippen MR) is 52.9 cm³/mol. The molecule has 0 saturated heterocycles. The van der Waals surface area contributed by atoms with E-state index in [1.807, 2.05) is 7.05 Å². The van der Waals surface area contributed by atoms with Gasteiger partial charge in [-0.15, -0.1) is 0 Å². The molecule has 0 unspecified atom stereocenters. The fraction of sp³-hybridized carbons (Fsp3) is 0.556. The molecule has 0 amide bonds. The Morgan fingerprint density at radius 3 is 2.38 bits per heavy atom. The summed E-state index contributed by atoms with van der Waals surface area (Å²) in [4.78, 5) is 0. The van der Waals surface area contributed by atoms with Crippen LogP contribution in [0.2, 0.25) is 0 Å². The second-order valence-corrected chi connectivity index (χ2v) is 4.19. The number of hydrogen-bond donors (Lipinski definition) is 2. The first-order valence-electron chi connectivity index (χ1n) is 4.21. The quantitative estimate of drug-likeness (QED) is 0.500. The molecule has 0 aliphatic carbocycles. The van der Waals surface area contributed by atoms with Gasteiger partial charge in [0.2, 0.25) is 0 Å². The average molecular weight is 180 g/mol. The van der Waals surface area contributed by atoms with E-state index < -0.39 is 0 Å². The van der Waals surface area contributed by atoms with Crippen molar-refractivity contribution in [1.29, 1.82) is 5.41 Å². The van der Waals surface area contributed by atoms with E-state index in [0.29, 0.717) is 0 Å². The lowest BCUT2D eigenvalue weighted by atomic mass is 9.89. The number of nitrogens with two attached hydrogens (primary N) is 1. The van der Waals surface area contributed by atoms with Crippen molar-refractivity contribution >= 4 is 5.84 Å². The molecule has 0 spiro atoms. The van der Waals surface area contributed by atoms with Crippen LogP contribution in [0, 0.1) is 5.41 Å². The molecule has 0 radical (unpaired) electrons. The number of nitrogens with zero attached hydrogens (tertiary/aromatic N) is 2. The Kier molecular flexibility index (Phi) is 2.15. The summed E-state index contributed by atoms with van der Waals surface area (Å²) in [6, 6.07) is 0. The van der Waals surface area contributed by atoms with Gasteiger partial charge in [0, 0.05) is 12.5 Å². The zero-order chi connectivity index (χ0) is 10.2. The van der Waals surface area contributed by atoms with Gasteiger partial charge in [0.1, 0.15) is 5.84 Å². The van der Waals surface area contributed by atoms with Crippen LogP contribution in [-0.2, 0) is 12.5 Å². The highest BCUT2D eigenvalue weighted by molar-refractivity contribution is 5.96. The third kappa shape index (κ3) is 1.71. The van der Waals surface area contributed by atoms with Gasteiger partial charge < -0.3 is 5.73 Å². The summed E-state index contributed by atoms with van der Waals surface area (Å²) < 4.78 is 1.77. The molecular weight excluding hydrogens is 164 g/mol. The zero-order valence-electron chi connectivity index (χ0n) is 8.55. The van der Waals surface area contributed by atoms with Crippen LogP contribution in [0.25, 0.3) is 0 Å². The summed E-state index contributed by atoms with van der Waals surface area (Å²) in [5, 5.41) is 11.5. The van der Waals surface area contributed by atoms with Gasteiger partial charge in [0.25, 0.3) is 0 Å². The molecule has 1 aromatic heterocycles. The summed E-state index contributed by atoms with van der Waals surface area (Å²) in [5.41, 5.74) is 7.15. The molecule has 0 aliphatic rings. The van der Waals surface area contributed by atoms with Crippen molar-refractivity contribution in [3.05, 3.63) is 17.5 Å². The van der Waals surface area contributed by atoms with Crippen molar-refractivity contribution in [2.24, 2.45) is 12.8 Å². The number of hydrogen-bond acceptors (Lipinski definition) is 2. The number of nitrogen functional groups attached to an aromatic ring is 1. The lowest BCUT2D eigenvalue weighted by Crippen LogP contribution is -2.22. The lowest BCUT2D eigenvalue weighted by molar-refractivity contribution is 0.522. The normalized spacial score (nSPS) is 11.7. The molecule has 1 heterocycles. The second kappa shape index (κ2) is 2.87. The Hall–Kier alpha value is -1.32. The van der Waals surface area contributed by atoms with Crippen LogP contribution in [0.3, 0.4) is 0 Å². The number of aryl methyl sites for hydroxylation is 1. The molecule has 0 atom stereocenters. The molecule has 0 bridgehead atoms. The van der Waals surface area contributed by atoms with Crippen LogP contribution in [0.4, 0.5) is 0 Å². The molecule has 0 fully saturated rings. The SMILES string of the molecule is Cn1ncc(C(=N)N)c1C(C)(C)C. The average Bonchev–Trinajstić information content (AvgIpc) is 2.28. The molecule has 0 aromatic carbocycles. The highest BCUT2D eigenvalue weighted by atomic mass is 15.3. The van der Waals surface area contributed by atoms with Gasteiger partial charge in [-0.05, 0) is 0 Å². The maximum Gasteiger partial charge on any atom is 0.126 e. The van der Waals surface area contributed by atoms with E-state index >= 15 is 0 Å². The summed E-state index contributed by atoms with van der Waals surface area (Å²) in [5.74, 6) is 0.0815. The summed E-state index contributed by atoms with van der Waals surface area (Å²) in [7, 11) is 1.87. The first-order chi connectivity index (χ1) is 5.84. The highest BCUT2D eigenvalue weighted by Crippen LogP contribution is 2.24. The zero-order valence-corrected chi connectivity index (χ0v) is 8.55.